The number of ether oxygens (including phenoxy) is 2. The van der Waals surface area contributed by atoms with Gasteiger partial charge in [-0.25, -0.2) is 4.98 Å². The average Bonchev–Trinajstić information content (AvgIpc) is 3.42. The van der Waals surface area contributed by atoms with Crippen molar-refractivity contribution in [2.45, 2.75) is 51.7 Å². The summed E-state index contributed by atoms with van der Waals surface area (Å²) >= 11 is 0. The second-order valence-corrected chi connectivity index (χ2v) is 8.89. The number of benzene rings is 3. The zero-order chi connectivity index (χ0) is 24.0. The third kappa shape index (κ3) is 5.29. The summed E-state index contributed by atoms with van der Waals surface area (Å²) < 4.78 is 12.9. The molecule has 3 aromatic carbocycles. The van der Waals surface area contributed by atoms with E-state index in [1.165, 1.54) is 5.56 Å². The first kappa shape index (κ1) is 22.9. The Balaban J connectivity index is 1.48. The Morgan fingerprint density at radius 1 is 1.00 bits per heavy atom. The number of Topliss-reactive ketones (excluding diaryl/α,β-unsaturated/α-hetero) is 1. The topological polar surface area (TPSA) is 64.2 Å². The van der Waals surface area contributed by atoms with E-state index < -0.39 is 0 Å². The van der Waals surface area contributed by atoms with Gasteiger partial charge in [-0.3, -0.25) is 4.79 Å². The Hall–Kier alpha value is -3.86. The Morgan fingerprint density at radius 2 is 1.83 bits per heavy atom. The normalized spacial score (nSPS) is 13.8. The van der Waals surface area contributed by atoms with Gasteiger partial charge >= 0.3 is 0 Å². The Bertz CT molecular complexity index is 1270. The van der Waals surface area contributed by atoms with Gasteiger partial charge in [-0.2, -0.15) is 0 Å². The van der Waals surface area contributed by atoms with Crippen molar-refractivity contribution >= 4 is 5.78 Å². The summed E-state index contributed by atoms with van der Waals surface area (Å²) in [5.41, 5.74) is 5.14. The van der Waals surface area contributed by atoms with Crippen molar-refractivity contribution in [3.63, 3.8) is 0 Å². The highest BCUT2D eigenvalue weighted by molar-refractivity contribution is 5.99. The highest BCUT2D eigenvalue weighted by Gasteiger charge is 2.25. The number of H-pyrrole nitrogens is 1. The lowest BCUT2D eigenvalue weighted by Crippen LogP contribution is -2.18. The van der Waals surface area contributed by atoms with E-state index in [-0.39, 0.29) is 11.9 Å². The van der Waals surface area contributed by atoms with Gasteiger partial charge in [-0.05, 0) is 60.2 Å². The number of aromatic nitrogens is 2. The quantitative estimate of drug-likeness (QED) is 0.309. The van der Waals surface area contributed by atoms with Crippen LogP contribution in [0.3, 0.4) is 0 Å². The van der Waals surface area contributed by atoms with Crippen molar-refractivity contribution in [2.75, 3.05) is 0 Å². The maximum atomic E-state index is 12.7. The molecular formula is C30H30N2O3. The maximum Gasteiger partial charge on any atom is 0.163 e. The standard InChI is InChI=1S/C30H30N2O3/c1-2-21-11-13-23(14-12-21)34-20-26-24-9-6-10-27(33)25(24)15-16-28(26)35-29(19-30-31-17-18-32-30)22-7-4-3-5-8-22/h3-5,7-8,11-18,29H,2,6,9-10,19-20H2,1H3,(H,31,32)/t29-/m0/s1. The smallest absolute Gasteiger partial charge is 0.163 e. The van der Waals surface area contributed by atoms with Crippen molar-refractivity contribution in [3.8, 4) is 11.5 Å². The molecule has 0 fully saturated rings. The molecule has 0 bridgehead atoms. The zero-order valence-electron chi connectivity index (χ0n) is 20.0. The second-order valence-electron chi connectivity index (χ2n) is 8.89. The number of carbonyl (C=O) groups excluding carboxylic acids is 1. The third-order valence-electron chi connectivity index (χ3n) is 6.61. The fourth-order valence-corrected chi connectivity index (χ4v) is 4.66. The van der Waals surface area contributed by atoms with Gasteiger partial charge in [0.2, 0.25) is 0 Å². The number of hydrogen-bond donors (Lipinski definition) is 1. The summed E-state index contributed by atoms with van der Waals surface area (Å²) in [6.45, 7) is 2.48. The number of fused-ring (bicyclic) bond motifs is 1. The van der Waals surface area contributed by atoms with Crippen LogP contribution in [-0.2, 0) is 25.9 Å². The van der Waals surface area contributed by atoms with Gasteiger partial charge in [-0.1, -0.05) is 49.4 Å². The molecule has 5 nitrogen and oxygen atoms in total. The minimum Gasteiger partial charge on any atom is -0.489 e. The van der Waals surface area contributed by atoms with Crippen LogP contribution < -0.4 is 9.47 Å². The van der Waals surface area contributed by atoms with Crippen molar-refractivity contribution < 1.29 is 14.3 Å². The predicted molar refractivity (Wildman–Crippen MR) is 136 cm³/mol. The summed E-state index contributed by atoms with van der Waals surface area (Å²) in [6, 6.07) is 22.2. The Kier molecular flexibility index (Phi) is 6.94. The van der Waals surface area contributed by atoms with Gasteiger partial charge in [0.25, 0.3) is 0 Å². The summed E-state index contributed by atoms with van der Waals surface area (Å²) in [5, 5.41) is 0. The maximum absolute atomic E-state index is 12.7. The van der Waals surface area contributed by atoms with Crippen molar-refractivity contribution in [3.05, 3.63) is 113 Å². The highest BCUT2D eigenvalue weighted by Crippen LogP contribution is 2.35. The van der Waals surface area contributed by atoms with Crippen molar-refractivity contribution in [1.29, 1.82) is 0 Å². The summed E-state index contributed by atoms with van der Waals surface area (Å²) in [6.07, 6.45) is 7.23. The molecule has 0 saturated carbocycles. The number of imidazole rings is 1. The summed E-state index contributed by atoms with van der Waals surface area (Å²) in [5.74, 6) is 2.62. The zero-order valence-corrected chi connectivity index (χ0v) is 20.0. The van der Waals surface area contributed by atoms with Gasteiger partial charge < -0.3 is 14.5 Å². The summed E-state index contributed by atoms with van der Waals surface area (Å²) in [4.78, 5) is 20.3. The molecule has 5 heteroatoms. The molecule has 178 valence electrons. The minimum absolute atomic E-state index is 0.196. The van der Waals surface area contributed by atoms with Crippen LogP contribution in [0.15, 0.2) is 79.1 Å². The van der Waals surface area contributed by atoms with E-state index in [0.717, 1.165) is 58.8 Å². The molecule has 1 N–H and O–H groups in total. The van der Waals surface area contributed by atoms with Gasteiger partial charge in [0.15, 0.2) is 5.78 Å². The molecule has 1 atom stereocenters. The first-order chi connectivity index (χ1) is 17.2. The molecule has 5 rings (SSSR count). The van der Waals surface area contributed by atoms with Gasteiger partial charge in [0.1, 0.15) is 30.0 Å². The number of rotatable bonds is 9. The fraction of sp³-hybridized carbons (Fsp3) is 0.267. The molecule has 1 aliphatic rings. The van der Waals surface area contributed by atoms with Crippen molar-refractivity contribution in [2.24, 2.45) is 0 Å². The molecule has 0 unspecified atom stereocenters. The Morgan fingerprint density at radius 3 is 2.57 bits per heavy atom. The summed E-state index contributed by atoms with van der Waals surface area (Å²) in [7, 11) is 0. The molecule has 35 heavy (non-hydrogen) atoms. The van der Waals surface area contributed by atoms with Crippen LogP contribution in [0.25, 0.3) is 0 Å². The molecule has 0 aliphatic heterocycles. The third-order valence-corrected chi connectivity index (χ3v) is 6.61. The van der Waals surface area contributed by atoms with Gasteiger partial charge in [0.05, 0.1) is 0 Å². The average molecular weight is 467 g/mol. The van der Waals surface area contributed by atoms with E-state index >= 15 is 0 Å². The SMILES string of the molecule is CCc1ccc(OCc2c(O[C@@H](Cc3ncc[nH]3)c3ccccc3)ccc3c2CCCC3=O)cc1. The number of nitrogens with one attached hydrogen (secondary N) is 1. The number of aryl methyl sites for hydroxylation is 1. The Labute approximate surface area is 206 Å². The number of nitrogens with zero attached hydrogens (tertiary/aromatic N) is 1. The largest absolute Gasteiger partial charge is 0.489 e. The predicted octanol–water partition coefficient (Wildman–Crippen LogP) is 6.43. The van der Waals surface area contributed by atoms with E-state index in [0.29, 0.717) is 19.4 Å². The molecule has 1 aliphatic carbocycles. The number of carbonyl (C=O) groups is 1. The molecule has 4 aromatic rings. The van der Waals surface area contributed by atoms with Crippen LogP contribution in [-0.4, -0.2) is 15.8 Å². The minimum atomic E-state index is -0.234. The second kappa shape index (κ2) is 10.6. The molecule has 0 radical (unpaired) electrons. The molecular weight excluding hydrogens is 436 g/mol. The lowest BCUT2D eigenvalue weighted by atomic mass is 9.87. The van der Waals surface area contributed by atoms with E-state index in [1.807, 2.05) is 48.7 Å². The molecule has 0 saturated heterocycles. The number of hydrogen-bond acceptors (Lipinski definition) is 4. The highest BCUT2D eigenvalue weighted by atomic mass is 16.5. The first-order valence-electron chi connectivity index (χ1n) is 12.3. The van der Waals surface area contributed by atoms with E-state index in [1.54, 1.807) is 6.20 Å². The molecule has 0 spiro atoms. The monoisotopic (exact) mass is 466 g/mol. The number of aromatic amines is 1. The van der Waals surface area contributed by atoms with E-state index in [9.17, 15) is 4.79 Å². The van der Waals surface area contributed by atoms with Crippen LogP contribution in [0.5, 0.6) is 11.5 Å². The van der Waals surface area contributed by atoms with Gasteiger partial charge in [0, 0.05) is 36.4 Å². The van der Waals surface area contributed by atoms with Crippen LogP contribution in [0.4, 0.5) is 0 Å². The lowest BCUT2D eigenvalue weighted by molar-refractivity contribution is 0.0971. The first-order valence-corrected chi connectivity index (χ1v) is 12.3. The number of ketones is 1. The van der Waals surface area contributed by atoms with Crippen LogP contribution in [0, 0.1) is 0 Å². The van der Waals surface area contributed by atoms with Crippen LogP contribution in [0.2, 0.25) is 0 Å². The molecule has 0 amide bonds. The van der Waals surface area contributed by atoms with E-state index in [4.69, 9.17) is 9.47 Å². The van der Waals surface area contributed by atoms with E-state index in [2.05, 4.69) is 41.2 Å². The lowest BCUT2D eigenvalue weighted by Gasteiger charge is -2.25. The van der Waals surface area contributed by atoms with Crippen molar-refractivity contribution in [1.82, 2.24) is 9.97 Å². The molecule has 1 heterocycles. The van der Waals surface area contributed by atoms with Gasteiger partial charge in [-0.15, -0.1) is 0 Å². The van der Waals surface area contributed by atoms with Crippen LogP contribution in [0.1, 0.15) is 64.3 Å². The van der Waals surface area contributed by atoms with Crippen LogP contribution >= 0.6 is 0 Å². The molecule has 1 aromatic heterocycles. The fourth-order valence-electron chi connectivity index (χ4n) is 4.66.